The number of hydrogen-bond acceptors (Lipinski definition) is 3. The topological polar surface area (TPSA) is 61.4 Å². The molecular formula is C17H20N2O2. The van der Waals surface area contributed by atoms with Crippen LogP contribution < -0.4 is 10.6 Å². The Hall–Kier alpha value is -2.49. The lowest BCUT2D eigenvalue weighted by Crippen LogP contribution is -2.09. The molecule has 1 unspecified atom stereocenters. The number of amides is 1. The van der Waals surface area contributed by atoms with Crippen molar-refractivity contribution in [1.82, 2.24) is 0 Å². The summed E-state index contributed by atoms with van der Waals surface area (Å²) >= 11 is 0. The molecule has 0 aliphatic heterocycles. The lowest BCUT2D eigenvalue weighted by atomic mass is 10.1. The number of aromatic hydroxyl groups is 1. The number of rotatable bonds is 4. The van der Waals surface area contributed by atoms with Gasteiger partial charge in [0, 0.05) is 30.4 Å². The average Bonchev–Trinajstić information content (AvgIpc) is 2.42. The molecule has 0 radical (unpaired) electrons. The minimum atomic E-state index is -0.0868. The molecule has 0 saturated heterocycles. The molecular weight excluding hydrogens is 264 g/mol. The van der Waals surface area contributed by atoms with E-state index in [-0.39, 0.29) is 17.7 Å². The van der Waals surface area contributed by atoms with Gasteiger partial charge in [-0.25, -0.2) is 0 Å². The van der Waals surface area contributed by atoms with Crippen LogP contribution in [0.25, 0.3) is 0 Å². The van der Waals surface area contributed by atoms with Gasteiger partial charge in [0.1, 0.15) is 5.75 Å². The number of anilines is 2. The zero-order chi connectivity index (χ0) is 15.4. The third-order valence-corrected chi connectivity index (χ3v) is 3.30. The summed E-state index contributed by atoms with van der Waals surface area (Å²) in [5.74, 6) is 0.190. The second-order valence-electron chi connectivity index (χ2n) is 5.17. The fourth-order valence-corrected chi connectivity index (χ4v) is 2.12. The van der Waals surface area contributed by atoms with E-state index >= 15 is 0 Å². The first-order valence-corrected chi connectivity index (χ1v) is 6.89. The van der Waals surface area contributed by atoms with Crippen LogP contribution in [0.15, 0.2) is 42.5 Å². The van der Waals surface area contributed by atoms with E-state index in [1.807, 2.05) is 50.2 Å². The highest BCUT2D eigenvalue weighted by molar-refractivity contribution is 5.88. The monoisotopic (exact) mass is 284 g/mol. The highest BCUT2D eigenvalue weighted by Crippen LogP contribution is 2.25. The summed E-state index contributed by atoms with van der Waals surface area (Å²) in [6.07, 6.45) is 0. The van der Waals surface area contributed by atoms with E-state index < -0.39 is 0 Å². The Morgan fingerprint density at radius 1 is 1.14 bits per heavy atom. The molecule has 3 N–H and O–H groups in total. The van der Waals surface area contributed by atoms with Crippen LogP contribution in [0.1, 0.15) is 31.0 Å². The van der Waals surface area contributed by atoms with Gasteiger partial charge < -0.3 is 15.7 Å². The zero-order valence-electron chi connectivity index (χ0n) is 12.5. The van der Waals surface area contributed by atoms with Crippen molar-refractivity contribution in [2.24, 2.45) is 0 Å². The van der Waals surface area contributed by atoms with Crippen LogP contribution in [0, 0.1) is 6.92 Å². The summed E-state index contributed by atoms with van der Waals surface area (Å²) in [5.41, 5.74) is 3.54. The van der Waals surface area contributed by atoms with Crippen LogP contribution in [0.5, 0.6) is 5.75 Å². The summed E-state index contributed by atoms with van der Waals surface area (Å²) in [7, 11) is 0. The maximum absolute atomic E-state index is 11.1. The smallest absolute Gasteiger partial charge is 0.221 e. The van der Waals surface area contributed by atoms with Gasteiger partial charge in [-0.1, -0.05) is 18.2 Å². The van der Waals surface area contributed by atoms with Crippen LogP contribution in [0.4, 0.5) is 11.4 Å². The summed E-state index contributed by atoms with van der Waals surface area (Å²) in [6, 6.07) is 13.3. The first-order valence-electron chi connectivity index (χ1n) is 6.89. The number of nitrogens with one attached hydrogen (secondary N) is 2. The number of phenolic OH excluding ortho intramolecular Hbond substituents is 1. The molecule has 21 heavy (non-hydrogen) atoms. The average molecular weight is 284 g/mol. The molecule has 0 bridgehead atoms. The van der Waals surface area contributed by atoms with E-state index in [2.05, 4.69) is 10.6 Å². The van der Waals surface area contributed by atoms with Crippen LogP contribution in [0.3, 0.4) is 0 Å². The molecule has 0 aromatic heterocycles. The molecule has 1 atom stereocenters. The summed E-state index contributed by atoms with van der Waals surface area (Å²) < 4.78 is 0. The minimum Gasteiger partial charge on any atom is -0.508 e. The van der Waals surface area contributed by atoms with E-state index in [1.54, 1.807) is 6.07 Å². The van der Waals surface area contributed by atoms with Crippen LogP contribution in [-0.2, 0) is 4.79 Å². The molecule has 0 spiro atoms. The largest absolute Gasteiger partial charge is 0.508 e. The van der Waals surface area contributed by atoms with E-state index in [0.717, 1.165) is 22.5 Å². The predicted octanol–water partition coefficient (Wildman–Crippen LogP) is 3.83. The summed E-state index contributed by atoms with van der Waals surface area (Å²) in [4.78, 5) is 11.1. The fraction of sp³-hybridized carbons (Fsp3) is 0.235. The van der Waals surface area contributed by atoms with Crippen molar-refractivity contribution in [3.63, 3.8) is 0 Å². The number of carbonyl (C=O) groups excluding carboxylic acids is 1. The minimum absolute atomic E-state index is 0.0563. The number of aryl methyl sites for hydroxylation is 1. The number of phenols is 1. The first kappa shape index (κ1) is 14.9. The van der Waals surface area contributed by atoms with Gasteiger partial charge in [0.05, 0.1) is 0 Å². The van der Waals surface area contributed by atoms with Gasteiger partial charge in [-0.05, 0) is 43.2 Å². The Labute approximate surface area is 124 Å². The number of benzene rings is 2. The number of carbonyl (C=O) groups is 1. The Kier molecular flexibility index (Phi) is 4.48. The van der Waals surface area contributed by atoms with Crippen molar-refractivity contribution in [2.75, 3.05) is 10.6 Å². The lowest BCUT2D eigenvalue weighted by Gasteiger charge is -2.17. The highest BCUT2D eigenvalue weighted by atomic mass is 16.3. The third-order valence-electron chi connectivity index (χ3n) is 3.30. The quantitative estimate of drug-likeness (QED) is 0.799. The fourth-order valence-electron chi connectivity index (χ4n) is 2.12. The SMILES string of the molecule is CC(=O)Nc1cccc(C(C)Nc2ccc(C)c(O)c2)c1. The van der Waals surface area contributed by atoms with E-state index in [1.165, 1.54) is 6.92 Å². The molecule has 4 nitrogen and oxygen atoms in total. The van der Waals surface area contributed by atoms with Gasteiger partial charge in [0.25, 0.3) is 0 Å². The molecule has 0 saturated carbocycles. The second-order valence-corrected chi connectivity index (χ2v) is 5.17. The van der Waals surface area contributed by atoms with Crippen molar-refractivity contribution in [3.8, 4) is 5.75 Å². The predicted molar refractivity (Wildman–Crippen MR) is 85.6 cm³/mol. The Bertz CT molecular complexity index is 653. The van der Waals surface area contributed by atoms with Crippen molar-refractivity contribution in [1.29, 1.82) is 0 Å². The maximum Gasteiger partial charge on any atom is 0.221 e. The van der Waals surface area contributed by atoms with Gasteiger partial charge in [0.15, 0.2) is 0 Å². The number of hydrogen-bond donors (Lipinski definition) is 3. The summed E-state index contributed by atoms with van der Waals surface area (Å²) in [5, 5.41) is 15.8. The first-order chi connectivity index (χ1) is 9.95. The van der Waals surface area contributed by atoms with Gasteiger partial charge >= 0.3 is 0 Å². The molecule has 2 rings (SSSR count). The molecule has 2 aromatic rings. The van der Waals surface area contributed by atoms with Gasteiger partial charge in [-0.15, -0.1) is 0 Å². The van der Waals surface area contributed by atoms with E-state index in [0.29, 0.717) is 0 Å². The molecule has 2 aromatic carbocycles. The zero-order valence-corrected chi connectivity index (χ0v) is 12.5. The molecule has 0 heterocycles. The Morgan fingerprint density at radius 2 is 1.90 bits per heavy atom. The highest BCUT2D eigenvalue weighted by Gasteiger charge is 2.07. The standard InChI is InChI=1S/C17H20N2O2/c1-11-7-8-16(10-17(11)21)18-12(2)14-5-4-6-15(9-14)19-13(3)20/h4-10,12,18,21H,1-3H3,(H,19,20). The summed E-state index contributed by atoms with van der Waals surface area (Å²) in [6.45, 7) is 5.38. The van der Waals surface area contributed by atoms with Crippen molar-refractivity contribution >= 4 is 17.3 Å². The van der Waals surface area contributed by atoms with Crippen molar-refractivity contribution in [3.05, 3.63) is 53.6 Å². The maximum atomic E-state index is 11.1. The normalized spacial score (nSPS) is 11.8. The van der Waals surface area contributed by atoms with E-state index in [9.17, 15) is 9.90 Å². The molecule has 4 heteroatoms. The molecule has 0 fully saturated rings. The lowest BCUT2D eigenvalue weighted by molar-refractivity contribution is -0.114. The molecule has 1 amide bonds. The van der Waals surface area contributed by atoms with Crippen LogP contribution in [-0.4, -0.2) is 11.0 Å². The third kappa shape index (κ3) is 3.99. The Balaban J connectivity index is 2.14. The molecule has 0 aliphatic rings. The van der Waals surface area contributed by atoms with Gasteiger partial charge in [0.2, 0.25) is 5.91 Å². The van der Waals surface area contributed by atoms with Crippen LogP contribution in [0.2, 0.25) is 0 Å². The van der Waals surface area contributed by atoms with Gasteiger partial charge in [-0.2, -0.15) is 0 Å². The molecule has 0 aliphatic carbocycles. The van der Waals surface area contributed by atoms with Gasteiger partial charge in [-0.3, -0.25) is 4.79 Å². The van der Waals surface area contributed by atoms with Crippen molar-refractivity contribution in [2.45, 2.75) is 26.8 Å². The van der Waals surface area contributed by atoms with E-state index in [4.69, 9.17) is 0 Å². The molecule has 110 valence electrons. The van der Waals surface area contributed by atoms with Crippen molar-refractivity contribution < 1.29 is 9.90 Å². The second kappa shape index (κ2) is 6.31. The Morgan fingerprint density at radius 3 is 2.57 bits per heavy atom. The van der Waals surface area contributed by atoms with Crippen LogP contribution >= 0.6 is 0 Å².